The highest BCUT2D eigenvalue weighted by Crippen LogP contribution is 2.10. The average Bonchev–Trinajstić information content (AvgIpc) is 2.32. The largest absolute Gasteiger partial charge is 0.480 e. The highest BCUT2D eigenvalue weighted by atomic mass is 32.2. The molecule has 2 amide bonds. The highest BCUT2D eigenvalue weighted by molar-refractivity contribution is 7.98. The van der Waals surface area contributed by atoms with Gasteiger partial charge in [0.1, 0.15) is 6.54 Å². The van der Waals surface area contributed by atoms with E-state index in [1.54, 1.807) is 23.7 Å². The number of hydrogen-bond donors (Lipinski definition) is 1. The molecule has 0 bridgehead atoms. The van der Waals surface area contributed by atoms with Gasteiger partial charge in [-0.05, 0) is 31.3 Å². The van der Waals surface area contributed by atoms with Crippen LogP contribution in [0.15, 0.2) is 0 Å². The van der Waals surface area contributed by atoms with Crippen molar-refractivity contribution in [2.75, 3.05) is 32.1 Å². The molecule has 0 aliphatic carbocycles. The summed E-state index contributed by atoms with van der Waals surface area (Å²) in [5.41, 5.74) is 0. The van der Waals surface area contributed by atoms with Gasteiger partial charge in [-0.25, -0.2) is 4.79 Å². The monoisotopic (exact) mass is 290 g/mol. The molecule has 0 aliphatic rings. The number of thioether (sulfide) groups is 1. The van der Waals surface area contributed by atoms with Crippen LogP contribution in [-0.4, -0.2) is 65.1 Å². The summed E-state index contributed by atoms with van der Waals surface area (Å²) >= 11 is 1.74. The molecule has 19 heavy (non-hydrogen) atoms. The van der Waals surface area contributed by atoms with Gasteiger partial charge in [-0.3, -0.25) is 4.79 Å². The van der Waals surface area contributed by atoms with E-state index in [9.17, 15) is 9.59 Å². The van der Waals surface area contributed by atoms with Gasteiger partial charge in [0.25, 0.3) is 0 Å². The molecule has 1 unspecified atom stereocenters. The summed E-state index contributed by atoms with van der Waals surface area (Å²) in [6.07, 6.45) is 2.94. The fourth-order valence-corrected chi connectivity index (χ4v) is 2.28. The Morgan fingerprint density at radius 1 is 1.26 bits per heavy atom. The summed E-state index contributed by atoms with van der Waals surface area (Å²) in [7, 11) is 1.74. The Labute approximate surface area is 120 Å². The second-order valence-electron chi connectivity index (χ2n) is 5.19. The Balaban J connectivity index is 4.62. The Bertz CT molecular complexity index is 298. The molecule has 0 heterocycles. The number of rotatable bonds is 8. The molecule has 0 fully saturated rings. The van der Waals surface area contributed by atoms with Crippen molar-refractivity contribution < 1.29 is 14.7 Å². The zero-order chi connectivity index (χ0) is 15.0. The van der Waals surface area contributed by atoms with Gasteiger partial charge in [0.2, 0.25) is 0 Å². The maximum atomic E-state index is 12.3. The van der Waals surface area contributed by atoms with E-state index in [2.05, 4.69) is 0 Å². The van der Waals surface area contributed by atoms with E-state index in [1.165, 1.54) is 4.90 Å². The van der Waals surface area contributed by atoms with Gasteiger partial charge < -0.3 is 14.9 Å². The summed E-state index contributed by atoms with van der Waals surface area (Å²) < 4.78 is 0. The minimum absolute atomic E-state index is 0.114. The molecule has 0 aromatic heterocycles. The number of carbonyl (C=O) groups is 2. The molecule has 1 N–H and O–H groups in total. The van der Waals surface area contributed by atoms with Crippen LogP contribution in [0.1, 0.15) is 27.2 Å². The number of urea groups is 1. The number of hydrogen-bond acceptors (Lipinski definition) is 3. The topological polar surface area (TPSA) is 60.9 Å². The van der Waals surface area contributed by atoms with E-state index in [4.69, 9.17) is 5.11 Å². The van der Waals surface area contributed by atoms with Crippen molar-refractivity contribution in [2.24, 2.45) is 5.92 Å². The molecule has 0 saturated carbocycles. The molecule has 0 spiro atoms. The number of carboxylic acid groups (broad SMARTS) is 1. The third-order valence-corrected chi connectivity index (χ3v) is 3.53. The maximum absolute atomic E-state index is 12.3. The van der Waals surface area contributed by atoms with Gasteiger partial charge in [-0.1, -0.05) is 13.8 Å². The van der Waals surface area contributed by atoms with Crippen LogP contribution in [0.4, 0.5) is 4.79 Å². The number of amides is 2. The van der Waals surface area contributed by atoms with Gasteiger partial charge >= 0.3 is 12.0 Å². The van der Waals surface area contributed by atoms with Crippen molar-refractivity contribution in [1.82, 2.24) is 9.80 Å². The van der Waals surface area contributed by atoms with Gasteiger partial charge in [-0.15, -0.1) is 0 Å². The van der Waals surface area contributed by atoms with E-state index in [0.717, 1.165) is 12.2 Å². The van der Waals surface area contributed by atoms with Gasteiger partial charge in [-0.2, -0.15) is 11.8 Å². The number of aliphatic carboxylic acids is 1. The molecule has 1 atom stereocenters. The molecule has 0 aromatic rings. The van der Waals surface area contributed by atoms with Crippen LogP contribution in [0.2, 0.25) is 0 Å². The summed E-state index contributed by atoms with van der Waals surface area (Å²) in [6.45, 7) is 6.16. The van der Waals surface area contributed by atoms with Gasteiger partial charge in [0.05, 0.1) is 0 Å². The summed E-state index contributed by atoms with van der Waals surface area (Å²) in [4.78, 5) is 26.2. The Morgan fingerprint density at radius 2 is 1.84 bits per heavy atom. The van der Waals surface area contributed by atoms with Crippen LogP contribution in [-0.2, 0) is 4.79 Å². The zero-order valence-corrected chi connectivity index (χ0v) is 13.4. The highest BCUT2D eigenvalue weighted by Gasteiger charge is 2.24. The van der Waals surface area contributed by atoms with E-state index >= 15 is 0 Å². The van der Waals surface area contributed by atoms with E-state index in [-0.39, 0.29) is 24.5 Å². The van der Waals surface area contributed by atoms with Crippen LogP contribution in [0.5, 0.6) is 0 Å². The fourth-order valence-electron chi connectivity index (χ4n) is 1.71. The van der Waals surface area contributed by atoms with Gasteiger partial charge in [0.15, 0.2) is 0 Å². The fraction of sp³-hybridized carbons (Fsp3) is 0.846. The third-order valence-electron chi connectivity index (χ3n) is 2.88. The second-order valence-corrected chi connectivity index (χ2v) is 6.18. The molecule has 6 heteroatoms. The molecule has 0 saturated heterocycles. The minimum Gasteiger partial charge on any atom is -0.480 e. The summed E-state index contributed by atoms with van der Waals surface area (Å²) in [5, 5.41) is 8.89. The van der Waals surface area contributed by atoms with Crippen molar-refractivity contribution in [3.8, 4) is 0 Å². The first-order chi connectivity index (χ1) is 8.79. The molecule has 0 aromatic carbocycles. The van der Waals surface area contributed by atoms with Crippen molar-refractivity contribution >= 4 is 23.8 Å². The molecule has 5 nitrogen and oxygen atoms in total. The molecule has 112 valence electrons. The summed E-state index contributed by atoms with van der Waals surface area (Å²) in [6, 6.07) is -0.0897. The van der Waals surface area contributed by atoms with E-state index in [1.807, 2.05) is 27.0 Å². The van der Waals surface area contributed by atoms with Gasteiger partial charge in [0, 0.05) is 19.6 Å². The first kappa shape index (κ1) is 18.1. The smallest absolute Gasteiger partial charge is 0.323 e. The van der Waals surface area contributed by atoms with E-state index < -0.39 is 5.97 Å². The lowest BCUT2D eigenvalue weighted by atomic mass is 10.2. The SMILES string of the molecule is CSCCC(C)N(C)C(=O)N(CC(=O)O)CC(C)C. The molecular weight excluding hydrogens is 264 g/mol. The number of nitrogens with zero attached hydrogens (tertiary/aromatic N) is 2. The number of carboxylic acids is 1. The van der Waals surface area contributed by atoms with E-state index in [0.29, 0.717) is 6.54 Å². The Morgan fingerprint density at radius 3 is 2.26 bits per heavy atom. The molecule has 0 radical (unpaired) electrons. The average molecular weight is 290 g/mol. The predicted molar refractivity (Wildman–Crippen MR) is 79.7 cm³/mol. The standard InChI is InChI=1S/C13H26N2O3S/c1-10(2)8-15(9-12(16)17)13(18)14(4)11(3)6-7-19-5/h10-11H,6-9H2,1-5H3,(H,16,17). The minimum atomic E-state index is -0.973. The van der Waals surface area contributed by atoms with Crippen LogP contribution in [0.25, 0.3) is 0 Å². The van der Waals surface area contributed by atoms with Crippen LogP contribution in [0.3, 0.4) is 0 Å². The van der Waals surface area contributed by atoms with Crippen LogP contribution >= 0.6 is 11.8 Å². The molecule has 0 rings (SSSR count). The zero-order valence-electron chi connectivity index (χ0n) is 12.5. The van der Waals surface area contributed by atoms with Crippen molar-refractivity contribution in [3.05, 3.63) is 0 Å². The normalized spacial score (nSPS) is 12.3. The lowest BCUT2D eigenvalue weighted by Crippen LogP contribution is -2.48. The summed E-state index contributed by atoms with van der Waals surface area (Å²) in [5.74, 6) is 0.263. The Kier molecular flexibility index (Phi) is 8.63. The van der Waals surface area contributed by atoms with Crippen molar-refractivity contribution in [1.29, 1.82) is 0 Å². The second kappa shape index (κ2) is 9.07. The Hall–Kier alpha value is -0.910. The van der Waals surface area contributed by atoms with Crippen LogP contribution in [0, 0.1) is 5.92 Å². The first-order valence-corrected chi connectivity index (χ1v) is 7.91. The maximum Gasteiger partial charge on any atom is 0.323 e. The van der Waals surface area contributed by atoms with Crippen molar-refractivity contribution in [3.63, 3.8) is 0 Å². The lowest BCUT2D eigenvalue weighted by molar-refractivity contribution is -0.137. The van der Waals surface area contributed by atoms with Crippen LogP contribution < -0.4 is 0 Å². The first-order valence-electron chi connectivity index (χ1n) is 6.52. The molecule has 0 aliphatic heterocycles. The number of carbonyl (C=O) groups excluding carboxylic acids is 1. The quantitative estimate of drug-likeness (QED) is 0.744. The lowest BCUT2D eigenvalue weighted by Gasteiger charge is -2.32. The van der Waals surface area contributed by atoms with Crippen molar-refractivity contribution in [2.45, 2.75) is 33.2 Å². The third kappa shape index (κ3) is 7.30. The predicted octanol–water partition coefficient (Wildman–Crippen LogP) is 2.22. The molecular formula is C13H26N2O3S.